The van der Waals surface area contributed by atoms with E-state index < -0.39 is 0 Å². The number of allylic oxidation sites excluding steroid dienone is 1. The molecule has 9 heteroatoms. The van der Waals surface area contributed by atoms with E-state index >= 15 is 0 Å². The Morgan fingerprint density at radius 3 is 2.41 bits per heavy atom. The van der Waals surface area contributed by atoms with Gasteiger partial charge in [0.1, 0.15) is 23.3 Å². The van der Waals surface area contributed by atoms with Crippen molar-refractivity contribution in [3.8, 4) is 11.9 Å². The fraction of sp³-hybridized carbons (Fsp3) is 0.478. The van der Waals surface area contributed by atoms with Crippen LogP contribution in [0, 0.1) is 11.3 Å². The lowest BCUT2D eigenvalue weighted by molar-refractivity contribution is 0.393. The van der Waals surface area contributed by atoms with Crippen LogP contribution in [-0.2, 0) is 0 Å². The molecule has 0 spiro atoms. The molecule has 0 amide bonds. The standard InChI is InChI=1S/C12H17N5.C9H9N3O.C2H6/c1-3-6-17(13-2)12-10-14-11(9-15-12)16-7-4-5-8-16;1-13-9-7(4-10)5-11-8(12-9)6-2-3-6;1-2/h3,6,9-10H,2,4-5,7-8H2,1H3;5-6H,2-3H2,1H3;1-2H3/b6-3-;;. The van der Waals surface area contributed by atoms with Gasteiger partial charge < -0.3 is 9.64 Å². The lowest BCUT2D eigenvalue weighted by atomic mass is 10.3. The lowest BCUT2D eigenvalue weighted by Gasteiger charge is -2.17. The van der Waals surface area contributed by atoms with E-state index in [4.69, 9.17) is 10.00 Å². The molecule has 2 aromatic rings. The maximum Gasteiger partial charge on any atom is 0.234 e. The summed E-state index contributed by atoms with van der Waals surface area (Å²) in [7, 11) is 1.51. The van der Waals surface area contributed by atoms with Crippen molar-refractivity contribution in [2.24, 2.45) is 5.10 Å². The van der Waals surface area contributed by atoms with Gasteiger partial charge in [0.2, 0.25) is 5.88 Å². The Morgan fingerprint density at radius 1 is 1.19 bits per heavy atom. The number of methoxy groups -OCH3 is 1. The summed E-state index contributed by atoms with van der Waals surface area (Å²) in [5.41, 5.74) is 0.395. The molecule has 1 aliphatic heterocycles. The van der Waals surface area contributed by atoms with E-state index in [-0.39, 0.29) is 0 Å². The summed E-state index contributed by atoms with van der Waals surface area (Å²) in [4.78, 5) is 19.3. The van der Waals surface area contributed by atoms with Gasteiger partial charge in [-0.25, -0.2) is 20.0 Å². The highest BCUT2D eigenvalue weighted by molar-refractivity contribution is 5.46. The fourth-order valence-electron chi connectivity index (χ4n) is 3.03. The molecule has 1 saturated heterocycles. The molecular formula is C23H32N8O. The molecule has 4 rings (SSSR count). The highest BCUT2D eigenvalue weighted by atomic mass is 16.5. The maximum absolute atomic E-state index is 8.68. The van der Waals surface area contributed by atoms with Crippen LogP contribution in [0.1, 0.15) is 63.8 Å². The molecule has 3 heterocycles. The van der Waals surface area contributed by atoms with Crippen LogP contribution < -0.4 is 14.6 Å². The molecule has 0 bridgehead atoms. The van der Waals surface area contributed by atoms with Crippen LogP contribution in [0.3, 0.4) is 0 Å². The molecule has 1 saturated carbocycles. The second kappa shape index (κ2) is 13.0. The molecule has 2 fully saturated rings. The van der Waals surface area contributed by atoms with Crippen LogP contribution in [0.5, 0.6) is 5.88 Å². The number of nitriles is 1. The number of rotatable bonds is 6. The van der Waals surface area contributed by atoms with E-state index in [0.29, 0.717) is 23.2 Å². The van der Waals surface area contributed by atoms with Crippen molar-refractivity contribution in [2.45, 2.75) is 52.4 Å². The van der Waals surface area contributed by atoms with Crippen LogP contribution in [0.25, 0.3) is 0 Å². The summed E-state index contributed by atoms with van der Waals surface area (Å²) >= 11 is 0. The van der Waals surface area contributed by atoms with Gasteiger partial charge in [-0.05, 0) is 32.6 Å². The van der Waals surface area contributed by atoms with Gasteiger partial charge in [-0.2, -0.15) is 15.3 Å². The normalized spacial score (nSPS) is 14.5. The van der Waals surface area contributed by atoms with Crippen molar-refractivity contribution >= 4 is 18.4 Å². The number of aromatic nitrogens is 4. The summed E-state index contributed by atoms with van der Waals surface area (Å²) in [5, 5.41) is 14.1. The third kappa shape index (κ3) is 6.74. The van der Waals surface area contributed by atoms with Crippen molar-refractivity contribution < 1.29 is 4.74 Å². The summed E-state index contributed by atoms with van der Waals surface area (Å²) < 4.78 is 4.98. The Bertz CT molecular complexity index is 913. The Morgan fingerprint density at radius 2 is 1.91 bits per heavy atom. The number of hydrogen-bond acceptors (Lipinski definition) is 9. The zero-order valence-electron chi connectivity index (χ0n) is 19.4. The van der Waals surface area contributed by atoms with Crippen molar-refractivity contribution in [1.82, 2.24) is 19.9 Å². The van der Waals surface area contributed by atoms with Gasteiger partial charge in [-0.15, -0.1) is 0 Å². The minimum atomic E-state index is 0.388. The molecule has 0 aromatic carbocycles. The number of anilines is 2. The second-order valence-corrected chi connectivity index (χ2v) is 6.93. The monoisotopic (exact) mass is 436 g/mol. The van der Waals surface area contributed by atoms with Gasteiger partial charge in [0.25, 0.3) is 0 Å². The average molecular weight is 437 g/mol. The smallest absolute Gasteiger partial charge is 0.234 e. The second-order valence-electron chi connectivity index (χ2n) is 6.93. The minimum Gasteiger partial charge on any atom is -0.480 e. The van der Waals surface area contributed by atoms with Gasteiger partial charge in [0.15, 0.2) is 5.82 Å². The van der Waals surface area contributed by atoms with Gasteiger partial charge in [-0.3, -0.25) is 0 Å². The molecule has 0 N–H and O–H groups in total. The van der Waals surface area contributed by atoms with Crippen molar-refractivity contribution in [1.29, 1.82) is 5.26 Å². The quantitative estimate of drug-likeness (QED) is 0.488. The third-order valence-electron chi connectivity index (χ3n) is 4.76. The molecule has 1 aliphatic carbocycles. The third-order valence-corrected chi connectivity index (χ3v) is 4.76. The van der Waals surface area contributed by atoms with Crippen molar-refractivity contribution in [3.63, 3.8) is 0 Å². The van der Waals surface area contributed by atoms with Crippen LogP contribution in [-0.4, -0.2) is 46.9 Å². The van der Waals surface area contributed by atoms with Crippen LogP contribution in [0.2, 0.25) is 0 Å². The first-order chi connectivity index (χ1) is 15.7. The largest absolute Gasteiger partial charge is 0.480 e. The van der Waals surface area contributed by atoms with E-state index in [1.54, 1.807) is 23.6 Å². The molecule has 0 radical (unpaired) electrons. The zero-order chi connectivity index (χ0) is 23.3. The molecule has 170 valence electrons. The highest BCUT2D eigenvalue weighted by Gasteiger charge is 2.27. The van der Waals surface area contributed by atoms with Crippen LogP contribution >= 0.6 is 0 Å². The molecule has 2 aromatic heterocycles. The predicted molar refractivity (Wildman–Crippen MR) is 127 cm³/mol. The average Bonchev–Trinajstić information content (AvgIpc) is 3.57. The predicted octanol–water partition coefficient (Wildman–Crippen LogP) is 4.29. The summed E-state index contributed by atoms with van der Waals surface area (Å²) in [5.74, 6) is 3.30. The van der Waals surface area contributed by atoms with Crippen LogP contribution in [0.15, 0.2) is 36.0 Å². The van der Waals surface area contributed by atoms with E-state index in [1.165, 1.54) is 26.1 Å². The number of hydrogen-bond donors (Lipinski definition) is 0. The van der Waals surface area contributed by atoms with Gasteiger partial charge >= 0.3 is 0 Å². The molecule has 2 aliphatic rings. The Kier molecular flexibility index (Phi) is 10.0. The summed E-state index contributed by atoms with van der Waals surface area (Å²) in [6.07, 6.45) is 13.5. The van der Waals surface area contributed by atoms with Crippen LogP contribution in [0.4, 0.5) is 11.6 Å². The fourth-order valence-corrected chi connectivity index (χ4v) is 3.03. The highest BCUT2D eigenvalue weighted by Crippen LogP contribution is 2.38. The Balaban J connectivity index is 0.000000217. The molecule has 9 nitrogen and oxygen atoms in total. The van der Waals surface area contributed by atoms with Crippen molar-refractivity contribution in [2.75, 3.05) is 30.1 Å². The summed E-state index contributed by atoms with van der Waals surface area (Å²) in [6.45, 7) is 11.6. The van der Waals surface area contributed by atoms with E-state index in [0.717, 1.165) is 37.6 Å². The van der Waals surface area contributed by atoms with Gasteiger partial charge in [0.05, 0.1) is 25.7 Å². The molecule has 32 heavy (non-hydrogen) atoms. The minimum absolute atomic E-state index is 0.388. The first-order valence-electron chi connectivity index (χ1n) is 11.0. The SMILES string of the molecule is C=NN(/C=C\C)c1cnc(N2CCCC2)cn1.CC.COc1nc(C2CC2)ncc1C#N. The number of hydrazone groups is 1. The zero-order valence-corrected chi connectivity index (χ0v) is 19.4. The molecule has 0 unspecified atom stereocenters. The van der Waals surface area contributed by atoms with Gasteiger partial charge in [-0.1, -0.05) is 19.9 Å². The van der Waals surface area contributed by atoms with E-state index in [1.807, 2.05) is 32.9 Å². The topological polar surface area (TPSA) is 103 Å². The maximum atomic E-state index is 8.68. The van der Waals surface area contributed by atoms with E-state index in [2.05, 4.69) is 36.7 Å². The first kappa shape index (κ1) is 24.7. The number of nitrogens with zero attached hydrogens (tertiary/aromatic N) is 8. The molecule has 0 atom stereocenters. The Labute approximate surface area is 190 Å². The molecular weight excluding hydrogens is 404 g/mol. The van der Waals surface area contributed by atoms with Gasteiger partial charge in [0, 0.05) is 31.9 Å². The number of ether oxygens (including phenoxy) is 1. The summed E-state index contributed by atoms with van der Waals surface area (Å²) in [6, 6.07) is 1.98. The Hall–Kier alpha value is -3.54. The van der Waals surface area contributed by atoms with Crippen molar-refractivity contribution in [3.05, 3.63) is 42.3 Å². The first-order valence-corrected chi connectivity index (χ1v) is 11.0. The van der Waals surface area contributed by atoms with E-state index in [9.17, 15) is 0 Å². The lowest BCUT2D eigenvalue weighted by Crippen LogP contribution is -2.19.